The number of hydrogen-bond acceptors (Lipinski definition) is 5. The Morgan fingerprint density at radius 2 is 1.87 bits per heavy atom. The van der Waals surface area contributed by atoms with Gasteiger partial charge in [-0.1, -0.05) is 12.1 Å². The molecule has 116 valence electrons. The van der Waals surface area contributed by atoms with E-state index in [-0.39, 0.29) is 18.0 Å². The summed E-state index contributed by atoms with van der Waals surface area (Å²) < 4.78 is 7.34. The average Bonchev–Trinajstić information content (AvgIpc) is 3.04. The molecule has 0 amide bonds. The number of pyridine rings is 1. The van der Waals surface area contributed by atoms with Crippen molar-refractivity contribution in [2.75, 3.05) is 6.61 Å². The van der Waals surface area contributed by atoms with E-state index in [0.29, 0.717) is 6.54 Å². The van der Waals surface area contributed by atoms with Gasteiger partial charge in [0.05, 0.1) is 17.2 Å². The Kier molecular flexibility index (Phi) is 4.28. The van der Waals surface area contributed by atoms with Crippen molar-refractivity contribution in [2.45, 2.75) is 6.54 Å². The summed E-state index contributed by atoms with van der Waals surface area (Å²) in [6, 6.07) is 12.0. The van der Waals surface area contributed by atoms with Crippen LogP contribution in [-0.2, 0) is 6.54 Å². The van der Waals surface area contributed by atoms with E-state index in [2.05, 4.69) is 10.1 Å². The molecule has 0 aliphatic carbocycles. The first-order chi connectivity index (χ1) is 11.3. The van der Waals surface area contributed by atoms with Gasteiger partial charge in [0.1, 0.15) is 6.61 Å². The standard InChI is InChI=1S/C16H14N4O3/c21-20(22)15-3-1-2-4-16(15)23-12-11-19-14(7-10-18-19)13-5-8-17-9-6-13/h1-10H,11-12H2. The van der Waals surface area contributed by atoms with E-state index >= 15 is 0 Å². The number of benzene rings is 1. The molecule has 1 aromatic carbocycles. The molecule has 0 radical (unpaired) electrons. The highest BCUT2D eigenvalue weighted by atomic mass is 16.6. The van der Waals surface area contributed by atoms with Crippen molar-refractivity contribution < 1.29 is 9.66 Å². The number of hydrogen-bond donors (Lipinski definition) is 0. The first kappa shape index (κ1) is 14.7. The van der Waals surface area contributed by atoms with Gasteiger partial charge in [-0.05, 0) is 24.3 Å². The van der Waals surface area contributed by atoms with Crippen LogP contribution < -0.4 is 4.74 Å². The van der Waals surface area contributed by atoms with Gasteiger partial charge in [-0.15, -0.1) is 0 Å². The maximum atomic E-state index is 11.0. The third-order valence-electron chi connectivity index (χ3n) is 3.32. The van der Waals surface area contributed by atoms with Crippen LogP contribution in [0.15, 0.2) is 61.1 Å². The second-order valence-corrected chi connectivity index (χ2v) is 4.75. The molecule has 0 bridgehead atoms. The van der Waals surface area contributed by atoms with Crippen molar-refractivity contribution in [3.63, 3.8) is 0 Å². The number of rotatable bonds is 6. The fraction of sp³-hybridized carbons (Fsp3) is 0.125. The Morgan fingerprint density at radius 1 is 1.09 bits per heavy atom. The molecule has 2 aromatic heterocycles. The van der Waals surface area contributed by atoms with E-state index in [0.717, 1.165) is 11.3 Å². The highest BCUT2D eigenvalue weighted by molar-refractivity contribution is 5.58. The molecular weight excluding hydrogens is 296 g/mol. The minimum absolute atomic E-state index is 0.0395. The molecule has 0 N–H and O–H groups in total. The van der Waals surface area contributed by atoms with Crippen molar-refractivity contribution in [1.82, 2.24) is 14.8 Å². The van der Waals surface area contributed by atoms with Crippen LogP contribution in [0.3, 0.4) is 0 Å². The van der Waals surface area contributed by atoms with E-state index in [1.165, 1.54) is 6.07 Å². The van der Waals surface area contributed by atoms with Crippen LogP contribution in [-0.4, -0.2) is 26.3 Å². The molecule has 0 aliphatic heterocycles. The number of aromatic nitrogens is 3. The van der Waals surface area contributed by atoms with E-state index in [1.54, 1.807) is 41.5 Å². The Bertz CT molecular complexity index is 802. The Balaban J connectivity index is 1.69. The summed E-state index contributed by atoms with van der Waals surface area (Å²) in [6.45, 7) is 0.765. The van der Waals surface area contributed by atoms with E-state index in [1.807, 2.05) is 18.2 Å². The third kappa shape index (κ3) is 3.34. The first-order valence-electron chi connectivity index (χ1n) is 7.04. The summed E-state index contributed by atoms with van der Waals surface area (Å²) in [7, 11) is 0. The molecule has 0 spiro atoms. The Labute approximate surface area is 132 Å². The first-order valence-corrected chi connectivity index (χ1v) is 7.04. The fourth-order valence-electron chi connectivity index (χ4n) is 2.25. The van der Waals surface area contributed by atoms with Crippen LogP contribution in [0.5, 0.6) is 5.75 Å². The molecule has 7 nitrogen and oxygen atoms in total. The second kappa shape index (κ2) is 6.69. The normalized spacial score (nSPS) is 10.4. The summed E-state index contributed by atoms with van der Waals surface area (Å²) in [5, 5.41) is 15.2. The minimum atomic E-state index is -0.453. The van der Waals surface area contributed by atoms with Crippen LogP contribution in [0.4, 0.5) is 5.69 Å². The minimum Gasteiger partial charge on any atom is -0.485 e. The van der Waals surface area contributed by atoms with Gasteiger partial charge in [0.15, 0.2) is 5.75 Å². The molecule has 0 aliphatic rings. The van der Waals surface area contributed by atoms with Gasteiger partial charge in [-0.2, -0.15) is 5.10 Å². The summed E-state index contributed by atoms with van der Waals surface area (Å²) >= 11 is 0. The third-order valence-corrected chi connectivity index (χ3v) is 3.32. The smallest absolute Gasteiger partial charge is 0.310 e. The lowest BCUT2D eigenvalue weighted by molar-refractivity contribution is -0.385. The number of ether oxygens (including phenoxy) is 1. The van der Waals surface area contributed by atoms with Crippen LogP contribution in [0.2, 0.25) is 0 Å². The van der Waals surface area contributed by atoms with E-state index in [4.69, 9.17) is 4.74 Å². The van der Waals surface area contributed by atoms with Gasteiger partial charge in [0, 0.05) is 30.2 Å². The van der Waals surface area contributed by atoms with Crippen LogP contribution in [0.1, 0.15) is 0 Å². The molecule has 0 unspecified atom stereocenters. The zero-order valence-corrected chi connectivity index (χ0v) is 12.2. The zero-order chi connectivity index (χ0) is 16.1. The van der Waals surface area contributed by atoms with Crippen molar-refractivity contribution in [3.05, 3.63) is 71.2 Å². The summed E-state index contributed by atoms with van der Waals surface area (Å²) in [6.07, 6.45) is 5.15. The maximum Gasteiger partial charge on any atom is 0.310 e. The molecule has 0 atom stereocenters. The molecule has 3 rings (SSSR count). The Morgan fingerprint density at radius 3 is 2.65 bits per heavy atom. The molecule has 2 heterocycles. The Hall–Kier alpha value is -3.22. The predicted molar refractivity (Wildman–Crippen MR) is 84.0 cm³/mol. The van der Waals surface area contributed by atoms with Crippen LogP contribution in [0, 0.1) is 10.1 Å². The molecule has 0 saturated carbocycles. The van der Waals surface area contributed by atoms with Gasteiger partial charge in [0.2, 0.25) is 0 Å². The average molecular weight is 310 g/mol. The zero-order valence-electron chi connectivity index (χ0n) is 12.2. The van der Waals surface area contributed by atoms with Crippen molar-refractivity contribution in [3.8, 4) is 17.0 Å². The lowest BCUT2D eigenvalue weighted by Gasteiger charge is -2.09. The van der Waals surface area contributed by atoms with Crippen LogP contribution in [0.25, 0.3) is 11.3 Å². The van der Waals surface area contributed by atoms with Crippen LogP contribution >= 0.6 is 0 Å². The number of nitrogens with zero attached hydrogens (tertiary/aromatic N) is 4. The summed E-state index contributed by atoms with van der Waals surface area (Å²) in [4.78, 5) is 14.5. The molecule has 0 fully saturated rings. The number of nitro benzene ring substituents is 1. The summed E-state index contributed by atoms with van der Waals surface area (Å²) in [5.41, 5.74) is 1.91. The van der Waals surface area contributed by atoms with E-state index in [9.17, 15) is 10.1 Å². The number of nitro groups is 1. The van der Waals surface area contributed by atoms with Gasteiger partial charge >= 0.3 is 5.69 Å². The van der Waals surface area contributed by atoms with Crippen molar-refractivity contribution in [2.24, 2.45) is 0 Å². The van der Waals surface area contributed by atoms with Gasteiger partial charge in [-0.25, -0.2) is 0 Å². The van der Waals surface area contributed by atoms with Gasteiger partial charge in [0.25, 0.3) is 0 Å². The van der Waals surface area contributed by atoms with Crippen molar-refractivity contribution >= 4 is 5.69 Å². The molecule has 7 heteroatoms. The topological polar surface area (TPSA) is 83.1 Å². The highest BCUT2D eigenvalue weighted by Crippen LogP contribution is 2.26. The molecule has 3 aromatic rings. The molecular formula is C16H14N4O3. The monoisotopic (exact) mass is 310 g/mol. The van der Waals surface area contributed by atoms with Gasteiger partial charge < -0.3 is 4.74 Å². The molecule has 0 saturated heterocycles. The highest BCUT2D eigenvalue weighted by Gasteiger charge is 2.13. The number of para-hydroxylation sites is 2. The van der Waals surface area contributed by atoms with Gasteiger partial charge in [-0.3, -0.25) is 19.8 Å². The summed E-state index contributed by atoms with van der Waals surface area (Å²) in [5.74, 6) is 0.259. The predicted octanol–water partition coefficient (Wildman–Crippen LogP) is 2.93. The lowest BCUT2D eigenvalue weighted by Crippen LogP contribution is -2.11. The maximum absolute atomic E-state index is 11.0. The SMILES string of the molecule is O=[N+]([O-])c1ccccc1OCCn1nccc1-c1ccncc1. The second-order valence-electron chi connectivity index (χ2n) is 4.75. The molecule has 23 heavy (non-hydrogen) atoms. The largest absolute Gasteiger partial charge is 0.485 e. The van der Waals surface area contributed by atoms with E-state index < -0.39 is 4.92 Å². The van der Waals surface area contributed by atoms with Crippen molar-refractivity contribution in [1.29, 1.82) is 0 Å². The quantitative estimate of drug-likeness (QED) is 0.516. The fourth-order valence-corrected chi connectivity index (χ4v) is 2.25. The lowest BCUT2D eigenvalue weighted by atomic mass is 10.2.